The normalized spacial score (nSPS) is 11.7. The van der Waals surface area contributed by atoms with Crippen LogP contribution in [0.25, 0.3) is 11.5 Å². The van der Waals surface area contributed by atoms with Crippen molar-refractivity contribution >= 4 is 0 Å². The first-order valence-corrected chi connectivity index (χ1v) is 5.05. The largest absolute Gasteiger partial charge is 0.531 e. The van der Waals surface area contributed by atoms with E-state index in [9.17, 15) is 0 Å². The predicted molar refractivity (Wildman–Crippen MR) is 59.5 cm³/mol. The Balaban J connectivity index is 2.37. The van der Waals surface area contributed by atoms with Crippen LogP contribution in [0.4, 0.5) is 0 Å². The van der Waals surface area contributed by atoms with Gasteiger partial charge in [-0.3, -0.25) is 8.83 Å². The van der Waals surface area contributed by atoms with E-state index in [0.29, 0.717) is 5.96 Å². The highest BCUT2D eigenvalue weighted by atomic mass is 16.5. The van der Waals surface area contributed by atoms with E-state index in [0.717, 1.165) is 11.3 Å². The Labute approximate surface area is 89.5 Å². The molecule has 0 saturated heterocycles. The molecular weight excluding hydrogens is 188 g/mol. The molecule has 1 aromatic heterocycles. The highest BCUT2D eigenvalue weighted by Gasteiger charge is 2.29. The van der Waals surface area contributed by atoms with Gasteiger partial charge < -0.3 is 0 Å². The minimum atomic E-state index is -0.0173. The summed E-state index contributed by atoms with van der Waals surface area (Å²) in [5.74, 6) is 1.43. The average molecular weight is 203 g/mol. The second-order valence-corrected chi connectivity index (χ2v) is 4.61. The summed E-state index contributed by atoms with van der Waals surface area (Å²) in [4.78, 5) is 0. The molecule has 0 saturated carbocycles. The van der Waals surface area contributed by atoms with Crippen molar-refractivity contribution in [2.45, 2.75) is 26.2 Å². The summed E-state index contributed by atoms with van der Waals surface area (Å²) in [5.41, 5.74) is 0.948. The standard InChI is InChI=1S/C13H15O2/c1-13(2,3)11-9-14-12(15-11)10-7-5-4-6-8-10/h4-9H,1-3H3/q+1. The van der Waals surface area contributed by atoms with Crippen molar-refractivity contribution in [3.05, 3.63) is 42.4 Å². The van der Waals surface area contributed by atoms with Gasteiger partial charge in [0, 0.05) is 0 Å². The van der Waals surface area contributed by atoms with E-state index in [1.807, 2.05) is 30.3 Å². The average Bonchev–Trinajstić information content (AvgIpc) is 2.67. The summed E-state index contributed by atoms with van der Waals surface area (Å²) >= 11 is 0. The Kier molecular flexibility index (Phi) is 2.35. The molecule has 0 amide bonds. The molecule has 0 radical (unpaired) electrons. The van der Waals surface area contributed by atoms with Crippen molar-refractivity contribution in [3.8, 4) is 11.5 Å². The van der Waals surface area contributed by atoms with Gasteiger partial charge >= 0.3 is 5.96 Å². The Morgan fingerprint density at radius 3 is 2.27 bits per heavy atom. The van der Waals surface area contributed by atoms with Gasteiger partial charge in [0.1, 0.15) is 5.56 Å². The van der Waals surface area contributed by atoms with Gasteiger partial charge in [-0.05, 0) is 12.1 Å². The second kappa shape index (κ2) is 3.54. The first-order valence-electron chi connectivity index (χ1n) is 5.05. The summed E-state index contributed by atoms with van der Waals surface area (Å²) in [7, 11) is 0. The van der Waals surface area contributed by atoms with Crippen LogP contribution in [-0.2, 0) is 5.41 Å². The quantitative estimate of drug-likeness (QED) is 0.651. The van der Waals surface area contributed by atoms with Gasteiger partial charge in [0.15, 0.2) is 0 Å². The number of benzene rings is 1. The molecule has 2 aromatic rings. The molecule has 2 nitrogen and oxygen atoms in total. The van der Waals surface area contributed by atoms with Crippen molar-refractivity contribution < 1.29 is 8.83 Å². The molecule has 15 heavy (non-hydrogen) atoms. The number of rotatable bonds is 1. The van der Waals surface area contributed by atoms with Crippen LogP contribution < -0.4 is 0 Å². The zero-order valence-corrected chi connectivity index (χ0v) is 9.28. The van der Waals surface area contributed by atoms with Gasteiger partial charge in [0.2, 0.25) is 0 Å². The highest BCUT2D eigenvalue weighted by molar-refractivity contribution is 5.50. The van der Waals surface area contributed by atoms with Gasteiger partial charge in [-0.1, -0.05) is 39.0 Å². The Hall–Kier alpha value is -1.57. The van der Waals surface area contributed by atoms with Crippen molar-refractivity contribution in [1.29, 1.82) is 0 Å². The summed E-state index contributed by atoms with van der Waals surface area (Å²) in [6, 6.07) is 9.83. The molecule has 0 fully saturated rings. The predicted octanol–water partition coefficient (Wildman–Crippen LogP) is 4.12. The third-order valence-corrected chi connectivity index (χ3v) is 2.22. The number of hydrogen-bond donors (Lipinski definition) is 0. The molecule has 78 valence electrons. The SMILES string of the molecule is CC(C)(C)c1c[o+]c(-c2ccccc2)o1. The summed E-state index contributed by atoms with van der Waals surface area (Å²) < 4.78 is 11.1. The fourth-order valence-corrected chi connectivity index (χ4v) is 1.29. The smallest absolute Gasteiger partial charge is 0.274 e. The van der Waals surface area contributed by atoms with Crippen LogP contribution in [-0.4, -0.2) is 0 Å². The fraction of sp³-hybridized carbons (Fsp3) is 0.308. The van der Waals surface area contributed by atoms with Crippen molar-refractivity contribution in [2.24, 2.45) is 0 Å². The Morgan fingerprint density at radius 1 is 1.07 bits per heavy atom. The van der Waals surface area contributed by atoms with E-state index in [2.05, 4.69) is 20.8 Å². The maximum Gasteiger partial charge on any atom is 0.531 e. The van der Waals surface area contributed by atoms with Crippen molar-refractivity contribution in [1.82, 2.24) is 0 Å². The molecule has 0 unspecified atom stereocenters. The van der Waals surface area contributed by atoms with Gasteiger partial charge in [-0.25, -0.2) is 0 Å². The molecule has 2 rings (SSSR count). The zero-order chi connectivity index (χ0) is 10.9. The third kappa shape index (κ3) is 2.09. The second-order valence-electron chi connectivity index (χ2n) is 4.61. The van der Waals surface area contributed by atoms with Crippen LogP contribution in [0.2, 0.25) is 0 Å². The van der Waals surface area contributed by atoms with Crippen molar-refractivity contribution in [3.63, 3.8) is 0 Å². The van der Waals surface area contributed by atoms with Gasteiger partial charge in [-0.2, -0.15) is 0 Å². The Bertz CT molecular complexity index is 435. The molecule has 2 heteroatoms. The van der Waals surface area contributed by atoms with E-state index < -0.39 is 0 Å². The van der Waals surface area contributed by atoms with Crippen LogP contribution in [0.3, 0.4) is 0 Å². The van der Waals surface area contributed by atoms with Crippen LogP contribution in [0.15, 0.2) is 45.4 Å². The molecular formula is C13H15O2+. The molecule has 0 atom stereocenters. The fourth-order valence-electron chi connectivity index (χ4n) is 1.29. The van der Waals surface area contributed by atoms with Gasteiger partial charge in [0.25, 0.3) is 12.0 Å². The summed E-state index contributed by atoms with van der Waals surface area (Å²) in [5, 5.41) is 0. The zero-order valence-electron chi connectivity index (χ0n) is 9.28. The lowest BCUT2D eigenvalue weighted by Gasteiger charge is -2.06. The van der Waals surface area contributed by atoms with Gasteiger partial charge in [0.05, 0.1) is 5.41 Å². The lowest BCUT2D eigenvalue weighted by molar-refractivity contribution is 0.401. The van der Waals surface area contributed by atoms with E-state index in [4.69, 9.17) is 8.83 Å². The lowest BCUT2D eigenvalue weighted by Crippen LogP contribution is -2.08. The minimum absolute atomic E-state index is 0.0173. The van der Waals surface area contributed by atoms with E-state index >= 15 is 0 Å². The molecule has 0 aliphatic rings. The van der Waals surface area contributed by atoms with Gasteiger partial charge in [-0.15, -0.1) is 0 Å². The van der Waals surface area contributed by atoms with E-state index in [1.165, 1.54) is 0 Å². The molecule has 1 aromatic carbocycles. The monoisotopic (exact) mass is 203 g/mol. The molecule has 0 spiro atoms. The van der Waals surface area contributed by atoms with Crippen LogP contribution in [0.1, 0.15) is 26.5 Å². The first kappa shape index (κ1) is 9.97. The number of hydrogen-bond acceptors (Lipinski definition) is 1. The Morgan fingerprint density at radius 2 is 1.73 bits per heavy atom. The maximum atomic E-state index is 5.67. The summed E-state index contributed by atoms with van der Waals surface area (Å²) in [6.07, 6.45) is 1.68. The molecule has 0 bridgehead atoms. The maximum absolute atomic E-state index is 5.67. The minimum Gasteiger partial charge on any atom is -0.274 e. The van der Waals surface area contributed by atoms with Crippen LogP contribution in [0.5, 0.6) is 0 Å². The van der Waals surface area contributed by atoms with Crippen LogP contribution >= 0.6 is 0 Å². The lowest BCUT2D eigenvalue weighted by atomic mass is 9.94. The molecule has 1 heterocycles. The summed E-state index contributed by atoms with van der Waals surface area (Å²) in [6.45, 7) is 6.28. The molecule has 0 aliphatic carbocycles. The van der Waals surface area contributed by atoms with Crippen molar-refractivity contribution in [2.75, 3.05) is 0 Å². The topological polar surface area (TPSA) is 24.4 Å². The highest BCUT2D eigenvalue weighted by Crippen LogP contribution is 2.29. The molecule has 0 N–H and O–H groups in total. The van der Waals surface area contributed by atoms with Crippen LogP contribution in [0, 0.1) is 0 Å². The van der Waals surface area contributed by atoms with E-state index in [1.54, 1.807) is 6.26 Å². The third-order valence-electron chi connectivity index (χ3n) is 2.22. The first-order chi connectivity index (χ1) is 7.07. The molecule has 0 aliphatic heterocycles. The van der Waals surface area contributed by atoms with E-state index in [-0.39, 0.29) is 5.41 Å².